The number of carbonyl (C=O) groups excluding carboxylic acids is 1. The molecule has 0 saturated carbocycles. The van der Waals surface area contributed by atoms with Gasteiger partial charge in [0.15, 0.2) is 0 Å². The summed E-state index contributed by atoms with van der Waals surface area (Å²) in [7, 11) is -4.18. The molecule has 2 aromatic rings. The summed E-state index contributed by atoms with van der Waals surface area (Å²) in [6.07, 6.45) is 0. The largest absolute Gasteiger partial charge is 0.459 e. The lowest BCUT2D eigenvalue weighted by molar-refractivity contribution is -0.384. The number of carbonyl (C=O) groups is 1. The number of sulfonamides is 1. The molecular weight excluding hydrogens is 420 g/mol. The number of ether oxygens (including phenoxy) is 1. The molecule has 0 radical (unpaired) electrons. The summed E-state index contributed by atoms with van der Waals surface area (Å²) >= 11 is 0. The minimum absolute atomic E-state index is 0.0533. The lowest BCUT2D eigenvalue weighted by atomic mass is 10.0. The number of rotatable bonds is 8. The van der Waals surface area contributed by atoms with E-state index in [9.17, 15) is 23.3 Å². The topological polar surface area (TPSA) is 107 Å². The zero-order chi connectivity index (χ0) is 23.4. The highest BCUT2D eigenvalue weighted by Gasteiger charge is 2.40. The van der Waals surface area contributed by atoms with Gasteiger partial charge < -0.3 is 4.74 Å². The number of nitro groups is 1. The van der Waals surface area contributed by atoms with Gasteiger partial charge in [-0.15, -0.1) is 0 Å². The van der Waals surface area contributed by atoms with Gasteiger partial charge in [-0.25, -0.2) is 8.42 Å². The second-order valence-corrected chi connectivity index (χ2v) is 10.4. The van der Waals surface area contributed by atoms with Crippen molar-refractivity contribution in [2.75, 3.05) is 0 Å². The zero-order valence-corrected chi connectivity index (χ0v) is 19.1. The van der Waals surface area contributed by atoms with E-state index in [1.54, 1.807) is 58.9 Å². The van der Waals surface area contributed by atoms with Crippen molar-refractivity contribution in [3.8, 4) is 0 Å². The maximum Gasteiger partial charge on any atom is 0.325 e. The molecule has 2 aromatic carbocycles. The SMILES string of the molecule is CC(C)[C@@H](C(=O)OC(C)(C)C)N(Cc1ccccc1)S(=O)(=O)c1ccc([N+](=O)[O-])cc1. The summed E-state index contributed by atoms with van der Waals surface area (Å²) in [5.74, 6) is -1.03. The number of non-ortho nitro benzene ring substituents is 1. The zero-order valence-electron chi connectivity index (χ0n) is 18.3. The summed E-state index contributed by atoms with van der Waals surface area (Å²) in [5, 5.41) is 10.9. The quantitative estimate of drug-likeness (QED) is 0.341. The van der Waals surface area contributed by atoms with Crippen LogP contribution in [0.5, 0.6) is 0 Å². The van der Waals surface area contributed by atoms with Crippen LogP contribution in [0.4, 0.5) is 5.69 Å². The molecule has 0 aliphatic carbocycles. The lowest BCUT2D eigenvalue weighted by Gasteiger charge is -2.34. The Labute approximate surface area is 183 Å². The van der Waals surface area contributed by atoms with Crippen LogP contribution in [-0.2, 0) is 26.1 Å². The van der Waals surface area contributed by atoms with E-state index in [1.165, 1.54) is 12.1 Å². The fourth-order valence-electron chi connectivity index (χ4n) is 3.06. The van der Waals surface area contributed by atoms with Crippen molar-refractivity contribution in [3.05, 3.63) is 70.3 Å². The summed E-state index contributed by atoms with van der Waals surface area (Å²) in [6.45, 7) is 8.59. The van der Waals surface area contributed by atoms with Gasteiger partial charge in [-0.1, -0.05) is 44.2 Å². The predicted molar refractivity (Wildman–Crippen MR) is 117 cm³/mol. The Morgan fingerprint density at radius 1 is 1.06 bits per heavy atom. The molecule has 2 rings (SSSR count). The van der Waals surface area contributed by atoms with E-state index in [-0.39, 0.29) is 23.0 Å². The molecule has 9 heteroatoms. The molecule has 1 atom stereocenters. The van der Waals surface area contributed by atoms with Gasteiger partial charge in [0.2, 0.25) is 10.0 Å². The third-order valence-electron chi connectivity index (χ3n) is 4.43. The Kier molecular flexibility index (Phi) is 7.56. The smallest absolute Gasteiger partial charge is 0.325 e. The predicted octanol–water partition coefficient (Wildman–Crippen LogP) is 4.15. The van der Waals surface area contributed by atoms with Gasteiger partial charge in [0.05, 0.1) is 9.82 Å². The Balaban J connectivity index is 2.56. The van der Waals surface area contributed by atoms with Crippen molar-refractivity contribution in [2.45, 2.75) is 57.7 Å². The third-order valence-corrected chi connectivity index (χ3v) is 6.27. The monoisotopic (exact) mass is 448 g/mol. The van der Waals surface area contributed by atoms with Gasteiger partial charge in [0.1, 0.15) is 11.6 Å². The van der Waals surface area contributed by atoms with Crippen LogP contribution >= 0.6 is 0 Å². The highest BCUT2D eigenvalue weighted by molar-refractivity contribution is 7.89. The summed E-state index contributed by atoms with van der Waals surface area (Å²) in [4.78, 5) is 23.2. The highest BCUT2D eigenvalue weighted by atomic mass is 32.2. The second-order valence-electron chi connectivity index (χ2n) is 8.51. The van der Waals surface area contributed by atoms with Gasteiger partial charge in [-0.3, -0.25) is 14.9 Å². The molecule has 0 bridgehead atoms. The molecule has 0 aliphatic rings. The molecule has 0 aliphatic heterocycles. The molecule has 0 spiro atoms. The molecule has 0 N–H and O–H groups in total. The van der Waals surface area contributed by atoms with Crippen LogP contribution in [0, 0.1) is 16.0 Å². The van der Waals surface area contributed by atoms with E-state index in [2.05, 4.69) is 0 Å². The molecule has 0 saturated heterocycles. The number of benzene rings is 2. The summed E-state index contributed by atoms with van der Waals surface area (Å²) < 4.78 is 33.8. The van der Waals surface area contributed by atoms with Gasteiger partial charge in [0, 0.05) is 18.7 Å². The summed E-state index contributed by atoms with van der Waals surface area (Å²) in [6, 6.07) is 12.4. The lowest BCUT2D eigenvalue weighted by Crippen LogP contribution is -2.49. The Hall–Kier alpha value is -2.78. The number of hydrogen-bond donors (Lipinski definition) is 0. The number of nitro benzene ring substituents is 1. The van der Waals surface area contributed by atoms with Crippen molar-refractivity contribution in [2.24, 2.45) is 5.92 Å². The van der Waals surface area contributed by atoms with Crippen molar-refractivity contribution in [3.63, 3.8) is 0 Å². The standard InChI is InChI=1S/C22H28N2O6S/c1-16(2)20(21(25)30-22(3,4)5)23(15-17-9-7-6-8-10-17)31(28,29)19-13-11-18(12-14-19)24(26)27/h6-14,16,20H,15H2,1-5H3/t20-/m0/s1. The van der Waals surface area contributed by atoms with Gasteiger partial charge >= 0.3 is 5.97 Å². The van der Waals surface area contributed by atoms with Gasteiger partial charge in [-0.2, -0.15) is 4.31 Å². The van der Waals surface area contributed by atoms with Crippen LogP contribution in [0.15, 0.2) is 59.5 Å². The highest BCUT2D eigenvalue weighted by Crippen LogP contribution is 2.27. The third kappa shape index (κ3) is 6.35. The fourth-order valence-corrected chi connectivity index (χ4v) is 4.75. The van der Waals surface area contributed by atoms with Crippen molar-refractivity contribution >= 4 is 21.7 Å². The molecule has 31 heavy (non-hydrogen) atoms. The van der Waals surface area contributed by atoms with Crippen LogP contribution in [-0.4, -0.2) is 35.3 Å². The maximum atomic E-state index is 13.6. The molecule has 0 amide bonds. The van der Waals surface area contributed by atoms with Crippen LogP contribution in [0.3, 0.4) is 0 Å². The minimum atomic E-state index is -4.18. The van der Waals surface area contributed by atoms with E-state index >= 15 is 0 Å². The average molecular weight is 449 g/mol. The van der Waals surface area contributed by atoms with E-state index in [0.29, 0.717) is 5.56 Å². The average Bonchev–Trinajstić information content (AvgIpc) is 2.66. The van der Waals surface area contributed by atoms with Crippen LogP contribution in [0.25, 0.3) is 0 Å². The second kappa shape index (κ2) is 9.57. The summed E-state index contributed by atoms with van der Waals surface area (Å²) in [5.41, 5.74) is -0.317. The fraction of sp³-hybridized carbons (Fsp3) is 0.409. The van der Waals surface area contributed by atoms with E-state index in [0.717, 1.165) is 16.4 Å². The van der Waals surface area contributed by atoms with Crippen LogP contribution in [0.2, 0.25) is 0 Å². The molecule has 0 unspecified atom stereocenters. The van der Waals surface area contributed by atoms with Crippen molar-refractivity contribution in [1.82, 2.24) is 4.31 Å². The van der Waals surface area contributed by atoms with Gasteiger partial charge in [-0.05, 0) is 44.4 Å². The molecule has 0 heterocycles. The molecular formula is C22H28N2O6S. The first-order chi connectivity index (χ1) is 14.3. The molecule has 168 valence electrons. The minimum Gasteiger partial charge on any atom is -0.459 e. The van der Waals surface area contributed by atoms with Crippen LogP contribution in [0.1, 0.15) is 40.2 Å². The Bertz CT molecular complexity index is 1010. The Morgan fingerprint density at radius 3 is 2.06 bits per heavy atom. The van der Waals surface area contributed by atoms with Gasteiger partial charge in [0.25, 0.3) is 5.69 Å². The van der Waals surface area contributed by atoms with Crippen LogP contribution < -0.4 is 0 Å². The molecule has 0 fully saturated rings. The number of nitrogens with zero attached hydrogens (tertiary/aromatic N) is 2. The van der Waals surface area contributed by atoms with Crippen molar-refractivity contribution < 1.29 is 22.9 Å². The maximum absolute atomic E-state index is 13.6. The first kappa shape index (κ1) is 24.5. The number of hydrogen-bond acceptors (Lipinski definition) is 6. The Morgan fingerprint density at radius 2 is 1.61 bits per heavy atom. The van der Waals surface area contributed by atoms with E-state index in [1.807, 2.05) is 6.07 Å². The molecule has 8 nitrogen and oxygen atoms in total. The first-order valence-corrected chi connectivity index (χ1v) is 11.3. The number of esters is 1. The van der Waals surface area contributed by atoms with E-state index in [4.69, 9.17) is 4.74 Å². The van der Waals surface area contributed by atoms with E-state index < -0.39 is 32.6 Å². The molecule has 0 aromatic heterocycles. The normalized spacial score (nSPS) is 13.3. The van der Waals surface area contributed by atoms with Crippen molar-refractivity contribution in [1.29, 1.82) is 0 Å². The first-order valence-electron chi connectivity index (χ1n) is 9.86.